The maximum absolute atomic E-state index is 13.1. The Morgan fingerprint density at radius 1 is 1.11 bits per heavy atom. The van der Waals surface area contributed by atoms with Crippen molar-refractivity contribution in [3.63, 3.8) is 0 Å². The predicted octanol–water partition coefficient (Wildman–Crippen LogP) is 1.96. The lowest BCUT2D eigenvalue weighted by Crippen LogP contribution is -2.33. The SMILES string of the molecule is Cc1c2c3c(oc1=O)C(=O)c1c(O)c([C@H](C)CO)c(O)c(O)c1[C@@]3(C)CC2. The molecule has 142 valence electrons. The van der Waals surface area contributed by atoms with Gasteiger partial charge >= 0.3 is 5.63 Å². The van der Waals surface area contributed by atoms with E-state index in [1.54, 1.807) is 20.8 Å². The second kappa shape index (κ2) is 5.36. The molecule has 7 nitrogen and oxygen atoms in total. The van der Waals surface area contributed by atoms with Crippen LogP contribution in [0.2, 0.25) is 0 Å². The van der Waals surface area contributed by atoms with Crippen LogP contribution in [0.3, 0.4) is 0 Å². The van der Waals surface area contributed by atoms with Crippen molar-refractivity contribution in [2.24, 2.45) is 0 Å². The van der Waals surface area contributed by atoms with Crippen LogP contribution >= 0.6 is 0 Å². The highest BCUT2D eigenvalue weighted by Gasteiger charge is 2.51. The first kappa shape index (κ1) is 17.6. The summed E-state index contributed by atoms with van der Waals surface area (Å²) in [6.45, 7) is 4.56. The molecule has 1 aromatic heterocycles. The van der Waals surface area contributed by atoms with Crippen LogP contribution in [0.5, 0.6) is 17.2 Å². The van der Waals surface area contributed by atoms with E-state index in [2.05, 4.69) is 0 Å². The van der Waals surface area contributed by atoms with Crippen molar-refractivity contribution in [3.05, 3.63) is 49.6 Å². The van der Waals surface area contributed by atoms with Crippen LogP contribution in [-0.4, -0.2) is 32.8 Å². The van der Waals surface area contributed by atoms with Gasteiger partial charge in [0.25, 0.3) is 0 Å². The molecule has 0 saturated heterocycles. The number of aliphatic hydroxyl groups excluding tert-OH is 1. The molecule has 0 radical (unpaired) electrons. The molecule has 0 spiro atoms. The van der Waals surface area contributed by atoms with E-state index in [0.29, 0.717) is 29.5 Å². The second-order valence-electron chi connectivity index (χ2n) is 7.65. The van der Waals surface area contributed by atoms with Gasteiger partial charge in [0.2, 0.25) is 5.78 Å². The fourth-order valence-corrected chi connectivity index (χ4v) is 4.63. The number of carbonyl (C=O) groups excluding carboxylic acids is 1. The van der Waals surface area contributed by atoms with Crippen molar-refractivity contribution in [2.45, 2.75) is 44.9 Å². The summed E-state index contributed by atoms with van der Waals surface area (Å²) < 4.78 is 5.30. The molecule has 1 heterocycles. The van der Waals surface area contributed by atoms with Crippen LogP contribution in [0.15, 0.2) is 9.21 Å². The minimum absolute atomic E-state index is 0.109. The Morgan fingerprint density at radius 3 is 2.41 bits per heavy atom. The van der Waals surface area contributed by atoms with Gasteiger partial charge in [-0.1, -0.05) is 13.8 Å². The molecule has 0 fully saturated rings. The molecular weight excluding hydrogens is 352 g/mol. The summed E-state index contributed by atoms with van der Waals surface area (Å²) in [5.74, 6) is -3.10. The van der Waals surface area contributed by atoms with E-state index in [0.717, 1.165) is 0 Å². The van der Waals surface area contributed by atoms with E-state index in [-0.39, 0.29) is 22.5 Å². The number of benzene rings is 1. The van der Waals surface area contributed by atoms with Gasteiger partial charge in [-0.2, -0.15) is 0 Å². The van der Waals surface area contributed by atoms with Crippen molar-refractivity contribution < 1.29 is 29.6 Å². The average Bonchev–Trinajstić information content (AvgIpc) is 2.98. The lowest BCUT2D eigenvalue weighted by molar-refractivity contribution is 0.0989. The molecule has 7 heteroatoms. The fourth-order valence-electron chi connectivity index (χ4n) is 4.63. The Bertz CT molecular complexity index is 1080. The summed E-state index contributed by atoms with van der Waals surface area (Å²) >= 11 is 0. The van der Waals surface area contributed by atoms with Gasteiger partial charge < -0.3 is 24.8 Å². The molecule has 27 heavy (non-hydrogen) atoms. The Kier molecular flexibility index (Phi) is 3.49. The number of hydrogen-bond acceptors (Lipinski definition) is 7. The molecule has 0 saturated carbocycles. The van der Waals surface area contributed by atoms with E-state index in [1.807, 2.05) is 0 Å². The van der Waals surface area contributed by atoms with Crippen molar-refractivity contribution in [1.29, 1.82) is 0 Å². The lowest BCUT2D eigenvalue weighted by Gasteiger charge is -2.35. The van der Waals surface area contributed by atoms with E-state index in [4.69, 9.17) is 4.42 Å². The first-order valence-corrected chi connectivity index (χ1v) is 8.78. The Morgan fingerprint density at radius 2 is 1.78 bits per heavy atom. The van der Waals surface area contributed by atoms with Gasteiger partial charge in [-0.25, -0.2) is 4.79 Å². The van der Waals surface area contributed by atoms with Crippen LogP contribution in [0, 0.1) is 6.92 Å². The van der Waals surface area contributed by atoms with Crippen LogP contribution in [0.1, 0.15) is 70.1 Å². The van der Waals surface area contributed by atoms with Crippen molar-refractivity contribution in [2.75, 3.05) is 6.61 Å². The highest BCUT2D eigenvalue weighted by atomic mass is 16.4. The topological polar surface area (TPSA) is 128 Å². The van der Waals surface area contributed by atoms with Crippen LogP contribution < -0.4 is 5.63 Å². The normalized spacial score (nSPS) is 21.1. The maximum Gasteiger partial charge on any atom is 0.339 e. The molecule has 2 atom stereocenters. The standard InChI is InChI=1S/C20H20O7/c1-7(6-21)10-14(22)11-13(17(25)15(10)23)20(3)5-4-9-8(2)19(26)27-18(12(9)20)16(11)24/h7,21-23,25H,4-6H2,1-3H3/t7-,20+/m1/s1. The molecule has 1 aromatic carbocycles. The molecule has 0 unspecified atom stereocenters. The van der Waals surface area contributed by atoms with E-state index >= 15 is 0 Å². The van der Waals surface area contributed by atoms with Gasteiger partial charge in [0.15, 0.2) is 17.3 Å². The summed E-state index contributed by atoms with van der Waals surface area (Å²) in [7, 11) is 0. The summed E-state index contributed by atoms with van der Waals surface area (Å²) in [5.41, 5.74) is 0.0234. The number of hydrogen-bond donors (Lipinski definition) is 4. The molecule has 2 aliphatic carbocycles. The van der Waals surface area contributed by atoms with Gasteiger partial charge in [-0.05, 0) is 25.3 Å². The van der Waals surface area contributed by atoms with E-state index in [1.165, 1.54) is 0 Å². The van der Waals surface area contributed by atoms with Crippen molar-refractivity contribution in [3.8, 4) is 17.2 Å². The zero-order valence-corrected chi connectivity index (χ0v) is 15.2. The maximum atomic E-state index is 13.1. The fraction of sp³-hybridized carbons (Fsp3) is 0.400. The summed E-state index contributed by atoms with van der Waals surface area (Å²) in [6.07, 6.45) is 0.996. The van der Waals surface area contributed by atoms with E-state index < -0.39 is 46.6 Å². The molecule has 0 bridgehead atoms. The summed E-state index contributed by atoms with van der Waals surface area (Å²) in [4.78, 5) is 25.3. The Hall–Kier alpha value is -2.80. The van der Waals surface area contributed by atoms with Gasteiger partial charge in [-0.15, -0.1) is 0 Å². The molecule has 2 aromatic rings. The zero-order chi connectivity index (χ0) is 19.8. The molecule has 4 rings (SSSR count). The summed E-state index contributed by atoms with van der Waals surface area (Å²) in [6, 6.07) is 0. The quantitative estimate of drug-likeness (QED) is 0.468. The van der Waals surface area contributed by atoms with Gasteiger partial charge in [0.05, 0.1) is 5.56 Å². The molecule has 0 amide bonds. The first-order valence-electron chi connectivity index (χ1n) is 8.78. The number of rotatable bonds is 2. The van der Waals surface area contributed by atoms with Crippen molar-refractivity contribution in [1.82, 2.24) is 0 Å². The Balaban J connectivity index is 2.16. The van der Waals surface area contributed by atoms with Crippen LogP contribution in [0.25, 0.3) is 0 Å². The van der Waals surface area contributed by atoms with Gasteiger partial charge in [0.1, 0.15) is 5.75 Å². The second-order valence-corrected chi connectivity index (χ2v) is 7.65. The zero-order valence-electron chi connectivity index (χ0n) is 15.2. The highest BCUT2D eigenvalue weighted by molar-refractivity contribution is 6.14. The predicted molar refractivity (Wildman–Crippen MR) is 94.9 cm³/mol. The molecular formula is C20H20O7. The van der Waals surface area contributed by atoms with Gasteiger partial charge in [-0.3, -0.25) is 4.79 Å². The molecule has 2 aliphatic rings. The van der Waals surface area contributed by atoms with Crippen molar-refractivity contribution >= 4 is 5.78 Å². The first-order chi connectivity index (χ1) is 12.6. The minimum Gasteiger partial charge on any atom is -0.507 e. The smallest absolute Gasteiger partial charge is 0.339 e. The van der Waals surface area contributed by atoms with Crippen LogP contribution in [0.4, 0.5) is 0 Å². The van der Waals surface area contributed by atoms with Crippen LogP contribution in [-0.2, 0) is 11.8 Å². The third-order valence-corrected chi connectivity index (χ3v) is 6.12. The molecule has 4 N–H and O–H groups in total. The lowest BCUT2D eigenvalue weighted by atomic mass is 9.68. The number of phenols is 3. The minimum atomic E-state index is -0.893. The largest absolute Gasteiger partial charge is 0.507 e. The number of carbonyl (C=O) groups is 1. The number of aliphatic hydroxyl groups is 1. The third-order valence-electron chi connectivity index (χ3n) is 6.12. The highest BCUT2D eigenvalue weighted by Crippen LogP contribution is 2.58. The number of fused-ring (bicyclic) bond motifs is 2. The summed E-state index contributed by atoms with van der Waals surface area (Å²) in [5, 5.41) is 41.5. The van der Waals surface area contributed by atoms with E-state index in [9.17, 15) is 30.0 Å². The number of ketones is 1. The Labute approximate surface area is 154 Å². The number of phenolic OH excluding ortho intramolecular Hbond substituents is 3. The third kappa shape index (κ3) is 1.95. The number of aromatic hydroxyl groups is 3. The molecule has 0 aliphatic heterocycles. The monoisotopic (exact) mass is 372 g/mol. The average molecular weight is 372 g/mol. The van der Waals surface area contributed by atoms with Gasteiger partial charge in [0, 0.05) is 40.2 Å².